The van der Waals surface area contributed by atoms with Gasteiger partial charge >= 0.3 is 0 Å². The first kappa shape index (κ1) is 8.29. The molecule has 0 spiro atoms. The molecule has 0 saturated carbocycles. The maximum absolute atomic E-state index is 11.6. The average Bonchev–Trinajstić information content (AvgIpc) is 2.11. The lowest BCUT2D eigenvalue weighted by molar-refractivity contribution is 0.557. The van der Waals surface area contributed by atoms with Crippen LogP contribution in [0.1, 0.15) is 6.92 Å². The zero-order valence-electron chi connectivity index (χ0n) is 6.92. The van der Waals surface area contributed by atoms with Crippen LogP contribution in [0.15, 0.2) is 0 Å². The lowest BCUT2D eigenvalue weighted by Gasteiger charge is -2.18. The molecule has 1 heterocycles. The SMILES string of the molecule is CC1CNCC1P(C)(C)=O. The number of nitrogens with one attached hydrogen (secondary N) is 1. The molecule has 0 aliphatic carbocycles. The van der Waals surface area contributed by atoms with Gasteiger partial charge in [0.2, 0.25) is 0 Å². The predicted molar refractivity (Wildman–Crippen MR) is 45.3 cm³/mol. The largest absolute Gasteiger partial charge is 0.324 e. The summed E-state index contributed by atoms with van der Waals surface area (Å²) in [6, 6.07) is 0. The summed E-state index contributed by atoms with van der Waals surface area (Å²) in [7, 11) is -1.83. The van der Waals surface area contributed by atoms with Gasteiger partial charge in [-0.05, 0) is 25.8 Å². The molecule has 0 aromatic heterocycles. The Morgan fingerprint density at radius 1 is 1.40 bits per heavy atom. The molecule has 0 bridgehead atoms. The van der Waals surface area contributed by atoms with Gasteiger partial charge in [-0.2, -0.15) is 0 Å². The number of rotatable bonds is 1. The molecule has 10 heavy (non-hydrogen) atoms. The van der Waals surface area contributed by atoms with Crippen LogP contribution in [0.4, 0.5) is 0 Å². The van der Waals surface area contributed by atoms with E-state index >= 15 is 0 Å². The van der Waals surface area contributed by atoms with E-state index < -0.39 is 7.14 Å². The first-order valence-electron chi connectivity index (χ1n) is 3.77. The summed E-state index contributed by atoms with van der Waals surface area (Å²) in [5.74, 6) is 0.598. The maximum Gasteiger partial charge on any atom is 0.0863 e. The molecule has 0 aromatic rings. The lowest BCUT2D eigenvalue weighted by Crippen LogP contribution is -2.15. The second-order valence-electron chi connectivity index (χ2n) is 3.64. The van der Waals surface area contributed by atoms with Crippen LogP contribution in [0.2, 0.25) is 0 Å². The van der Waals surface area contributed by atoms with E-state index in [4.69, 9.17) is 0 Å². The zero-order chi connectivity index (χ0) is 7.78. The van der Waals surface area contributed by atoms with Gasteiger partial charge in [-0.15, -0.1) is 0 Å². The van der Waals surface area contributed by atoms with Gasteiger partial charge in [0.15, 0.2) is 0 Å². The van der Waals surface area contributed by atoms with Crippen molar-refractivity contribution in [1.29, 1.82) is 0 Å². The van der Waals surface area contributed by atoms with Gasteiger partial charge in [-0.3, -0.25) is 0 Å². The van der Waals surface area contributed by atoms with Crippen LogP contribution in [0.25, 0.3) is 0 Å². The summed E-state index contributed by atoms with van der Waals surface area (Å²) in [5, 5.41) is 3.26. The van der Waals surface area contributed by atoms with Crippen molar-refractivity contribution in [3.05, 3.63) is 0 Å². The molecular formula is C7H16NOP. The Morgan fingerprint density at radius 3 is 2.20 bits per heavy atom. The van der Waals surface area contributed by atoms with E-state index in [0.717, 1.165) is 13.1 Å². The minimum Gasteiger partial charge on any atom is -0.324 e. The summed E-state index contributed by atoms with van der Waals surface area (Å²) < 4.78 is 11.6. The van der Waals surface area contributed by atoms with Crippen molar-refractivity contribution in [2.45, 2.75) is 12.6 Å². The maximum atomic E-state index is 11.6. The Bertz CT molecular complexity index is 163. The van der Waals surface area contributed by atoms with Crippen molar-refractivity contribution in [2.75, 3.05) is 26.4 Å². The summed E-state index contributed by atoms with van der Waals surface area (Å²) in [6.07, 6.45) is 0. The van der Waals surface area contributed by atoms with Gasteiger partial charge in [0.25, 0.3) is 0 Å². The molecule has 1 aliphatic rings. The van der Waals surface area contributed by atoms with Crippen LogP contribution in [0.3, 0.4) is 0 Å². The average molecular weight is 161 g/mol. The predicted octanol–water partition coefficient (Wildman–Crippen LogP) is 1.22. The highest BCUT2D eigenvalue weighted by Crippen LogP contribution is 2.46. The summed E-state index contributed by atoms with van der Waals surface area (Å²) >= 11 is 0. The Kier molecular flexibility index (Phi) is 2.21. The van der Waals surface area contributed by atoms with E-state index in [-0.39, 0.29) is 0 Å². The molecule has 1 N–H and O–H groups in total. The smallest absolute Gasteiger partial charge is 0.0863 e. The second-order valence-corrected chi connectivity index (χ2v) is 7.17. The van der Waals surface area contributed by atoms with Crippen LogP contribution >= 0.6 is 7.14 Å². The molecule has 0 aromatic carbocycles. The highest BCUT2D eigenvalue weighted by molar-refractivity contribution is 7.63. The van der Waals surface area contributed by atoms with Crippen LogP contribution < -0.4 is 5.32 Å². The Morgan fingerprint density at radius 2 is 2.00 bits per heavy atom. The minimum absolute atomic E-state index is 0.424. The monoisotopic (exact) mass is 161 g/mol. The van der Waals surface area contributed by atoms with Crippen LogP contribution in [0.5, 0.6) is 0 Å². The third-order valence-electron chi connectivity index (χ3n) is 2.28. The molecule has 0 radical (unpaired) electrons. The van der Waals surface area contributed by atoms with Crippen molar-refractivity contribution < 1.29 is 4.57 Å². The third kappa shape index (κ3) is 1.62. The number of hydrogen-bond donors (Lipinski definition) is 1. The van der Waals surface area contributed by atoms with E-state index in [1.807, 2.05) is 13.3 Å². The molecule has 60 valence electrons. The van der Waals surface area contributed by atoms with Crippen molar-refractivity contribution in [3.8, 4) is 0 Å². The molecule has 2 nitrogen and oxygen atoms in total. The van der Waals surface area contributed by atoms with Crippen molar-refractivity contribution in [1.82, 2.24) is 5.32 Å². The Hall–Kier alpha value is 0.190. The van der Waals surface area contributed by atoms with E-state index in [1.54, 1.807) is 0 Å². The first-order valence-corrected chi connectivity index (χ1v) is 6.44. The van der Waals surface area contributed by atoms with E-state index in [1.165, 1.54) is 0 Å². The Balaban J connectivity index is 2.64. The fourth-order valence-electron chi connectivity index (χ4n) is 1.63. The van der Waals surface area contributed by atoms with Crippen LogP contribution in [-0.4, -0.2) is 32.1 Å². The number of hydrogen-bond acceptors (Lipinski definition) is 2. The summed E-state index contributed by atoms with van der Waals surface area (Å²) in [4.78, 5) is 0. The molecule has 1 aliphatic heterocycles. The zero-order valence-corrected chi connectivity index (χ0v) is 7.82. The van der Waals surface area contributed by atoms with Crippen molar-refractivity contribution in [3.63, 3.8) is 0 Å². The summed E-state index contributed by atoms with van der Waals surface area (Å²) in [5.41, 5.74) is 0.424. The molecular weight excluding hydrogens is 145 g/mol. The molecule has 3 heteroatoms. The molecule has 1 saturated heterocycles. The van der Waals surface area contributed by atoms with Gasteiger partial charge < -0.3 is 9.88 Å². The van der Waals surface area contributed by atoms with Gasteiger partial charge in [-0.1, -0.05) is 6.92 Å². The van der Waals surface area contributed by atoms with Crippen molar-refractivity contribution >= 4 is 7.14 Å². The first-order chi connectivity index (χ1) is 4.52. The standard InChI is InChI=1S/C7H16NOP/c1-6-4-8-5-7(6)10(2,3)9/h6-8H,4-5H2,1-3H3. The molecule has 0 amide bonds. The fourth-order valence-corrected chi connectivity index (χ4v) is 3.53. The van der Waals surface area contributed by atoms with Crippen molar-refractivity contribution in [2.24, 2.45) is 5.92 Å². The Labute approximate surface area is 62.8 Å². The van der Waals surface area contributed by atoms with E-state index in [9.17, 15) is 4.57 Å². The van der Waals surface area contributed by atoms with Gasteiger partial charge in [0, 0.05) is 12.2 Å². The third-order valence-corrected chi connectivity index (χ3v) is 4.56. The lowest BCUT2D eigenvalue weighted by atomic mass is 10.1. The highest BCUT2D eigenvalue weighted by atomic mass is 31.2. The normalized spacial score (nSPS) is 34.7. The molecule has 2 atom stereocenters. The fraction of sp³-hybridized carbons (Fsp3) is 1.00. The quantitative estimate of drug-likeness (QED) is 0.586. The van der Waals surface area contributed by atoms with Crippen LogP contribution in [0, 0.1) is 5.92 Å². The van der Waals surface area contributed by atoms with Gasteiger partial charge in [0.05, 0.1) is 7.14 Å². The van der Waals surface area contributed by atoms with Gasteiger partial charge in [0.1, 0.15) is 0 Å². The second kappa shape index (κ2) is 2.67. The summed E-state index contributed by atoms with van der Waals surface area (Å²) in [6.45, 7) is 7.94. The van der Waals surface area contributed by atoms with E-state index in [0.29, 0.717) is 11.6 Å². The van der Waals surface area contributed by atoms with Crippen LogP contribution in [-0.2, 0) is 4.57 Å². The van der Waals surface area contributed by atoms with E-state index in [2.05, 4.69) is 12.2 Å². The topological polar surface area (TPSA) is 29.1 Å². The molecule has 1 fully saturated rings. The molecule has 1 rings (SSSR count). The van der Waals surface area contributed by atoms with Gasteiger partial charge in [-0.25, -0.2) is 0 Å². The molecule has 2 unspecified atom stereocenters. The highest BCUT2D eigenvalue weighted by Gasteiger charge is 2.32. The minimum atomic E-state index is -1.83.